The Morgan fingerprint density at radius 2 is 0.970 bits per heavy atom. The van der Waals surface area contributed by atoms with Gasteiger partial charge >= 0.3 is 0 Å². The van der Waals surface area contributed by atoms with Crippen molar-refractivity contribution in [3.05, 3.63) is 37.0 Å². The second kappa shape index (κ2) is 48.6. The second-order valence-electron chi connectivity index (χ2n) is 8.72. The molecule has 200 valence electrons. The van der Waals surface area contributed by atoms with E-state index in [4.69, 9.17) is 5.11 Å². The first kappa shape index (κ1) is 39.4. The molecule has 0 aliphatic carbocycles. The zero-order valence-electron chi connectivity index (χ0n) is 24.2. The number of aliphatic hydroxyl groups excluding tert-OH is 1. The number of allylic oxidation sites excluding steroid dienone is 5. The predicted molar refractivity (Wildman–Crippen MR) is 157 cm³/mol. The smallest absolute Gasteiger partial charge is 0.0431 e. The molecule has 0 aromatic heterocycles. The second-order valence-corrected chi connectivity index (χ2v) is 8.72. The highest BCUT2D eigenvalue weighted by Crippen LogP contribution is 2.04. The van der Waals surface area contributed by atoms with Crippen molar-refractivity contribution < 1.29 is 5.11 Å². The Balaban J connectivity index is -0.000000170. The highest BCUT2D eigenvalue weighted by molar-refractivity contribution is 4.79. The largest absolute Gasteiger partial charge is 0.396 e. The third kappa shape index (κ3) is 65.2. The van der Waals surface area contributed by atoms with Gasteiger partial charge in [0, 0.05) is 6.61 Å². The lowest BCUT2D eigenvalue weighted by atomic mass is 10.1. The molecule has 0 amide bonds. The van der Waals surface area contributed by atoms with Crippen molar-refractivity contribution >= 4 is 0 Å². The van der Waals surface area contributed by atoms with Crippen LogP contribution in [0, 0.1) is 0 Å². The van der Waals surface area contributed by atoms with Crippen LogP contribution in [-0.2, 0) is 0 Å². The molecule has 0 atom stereocenters. The number of aliphatic hydroxyl groups is 1. The van der Waals surface area contributed by atoms with Crippen molar-refractivity contribution in [2.45, 2.75) is 164 Å². The first-order valence-corrected chi connectivity index (χ1v) is 14.6. The van der Waals surface area contributed by atoms with Gasteiger partial charge in [-0.1, -0.05) is 142 Å². The van der Waals surface area contributed by atoms with E-state index in [9.17, 15) is 0 Å². The van der Waals surface area contributed by atoms with Crippen LogP contribution in [0.2, 0.25) is 0 Å². The predicted octanol–water partition coefficient (Wildman–Crippen LogP) is 11.8. The van der Waals surface area contributed by atoms with Crippen LogP contribution in [0.15, 0.2) is 37.0 Å². The molecule has 0 heterocycles. The molecule has 1 nitrogen and oxygen atoms in total. The van der Waals surface area contributed by atoms with E-state index >= 15 is 0 Å². The summed E-state index contributed by atoms with van der Waals surface area (Å²) < 4.78 is 0. The van der Waals surface area contributed by atoms with Gasteiger partial charge in [-0.05, 0) is 51.9 Å². The summed E-state index contributed by atoms with van der Waals surface area (Å²) in [5, 5.41) is 8.42. The Labute approximate surface area is 212 Å². The normalized spacial score (nSPS) is 10.2. The Bertz CT molecular complexity index is 323. The lowest BCUT2D eigenvalue weighted by molar-refractivity contribution is 0.282. The first-order chi connectivity index (χ1) is 16.2. The van der Waals surface area contributed by atoms with Crippen LogP contribution in [-0.4, -0.2) is 11.7 Å². The van der Waals surface area contributed by atoms with Gasteiger partial charge in [-0.2, -0.15) is 0 Å². The molecule has 0 saturated carbocycles. The molecule has 0 bridgehead atoms. The highest BCUT2D eigenvalue weighted by Gasteiger charge is 1.86. The van der Waals surface area contributed by atoms with Gasteiger partial charge in [-0.25, -0.2) is 0 Å². The van der Waals surface area contributed by atoms with E-state index in [2.05, 4.69) is 72.4 Å². The number of unbranched alkanes of at least 4 members (excludes halogenated alkanes) is 14. The Morgan fingerprint density at radius 3 is 1.45 bits per heavy atom. The van der Waals surface area contributed by atoms with Crippen molar-refractivity contribution in [2.24, 2.45) is 0 Å². The SMILES string of the molecule is C=CCCCCCC.CC=CCCCCC.CCC=CCCCC.CCCCCCCCO. The molecule has 1 N–H and O–H groups in total. The van der Waals surface area contributed by atoms with Crippen LogP contribution in [0.3, 0.4) is 0 Å². The molecule has 1 heteroatoms. The molecule has 0 saturated heterocycles. The maximum Gasteiger partial charge on any atom is 0.0431 e. The van der Waals surface area contributed by atoms with Gasteiger partial charge in [0.25, 0.3) is 0 Å². The molecule has 0 aromatic carbocycles. The van der Waals surface area contributed by atoms with Crippen molar-refractivity contribution in [3.63, 3.8) is 0 Å². The number of rotatable bonds is 19. The van der Waals surface area contributed by atoms with Gasteiger partial charge in [-0.15, -0.1) is 6.58 Å². The first-order valence-electron chi connectivity index (χ1n) is 14.6. The van der Waals surface area contributed by atoms with Crippen molar-refractivity contribution in [1.29, 1.82) is 0 Å². The van der Waals surface area contributed by atoms with E-state index < -0.39 is 0 Å². The molecule has 0 aromatic rings. The molecule has 0 spiro atoms. The average Bonchev–Trinajstić information content (AvgIpc) is 2.84. The molecule has 0 unspecified atom stereocenters. The minimum atomic E-state index is 0.367. The van der Waals surface area contributed by atoms with Crippen LogP contribution in [0.1, 0.15) is 164 Å². The number of hydrogen-bond acceptors (Lipinski definition) is 1. The molecule has 0 rings (SSSR count). The fourth-order valence-electron chi connectivity index (χ4n) is 2.89. The molecule has 0 aliphatic rings. The topological polar surface area (TPSA) is 20.2 Å². The van der Waals surface area contributed by atoms with E-state index in [1.54, 1.807) is 0 Å². The molecule has 0 radical (unpaired) electrons. The molecule has 0 fully saturated rings. The summed E-state index contributed by atoms with van der Waals surface area (Å²) in [5.41, 5.74) is 0. The third-order valence-corrected chi connectivity index (χ3v) is 5.11. The summed E-state index contributed by atoms with van der Waals surface area (Å²) in [6.45, 7) is 17.2. The van der Waals surface area contributed by atoms with E-state index in [0.717, 1.165) is 6.42 Å². The molecular weight excluding hydrogens is 400 g/mol. The highest BCUT2D eigenvalue weighted by atomic mass is 16.2. The minimum absolute atomic E-state index is 0.367. The summed E-state index contributed by atoms with van der Waals surface area (Å²) >= 11 is 0. The lowest BCUT2D eigenvalue weighted by Crippen LogP contribution is -1.82. The van der Waals surface area contributed by atoms with E-state index in [1.807, 2.05) is 6.08 Å². The average molecular weight is 467 g/mol. The lowest BCUT2D eigenvalue weighted by Gasteiger charge is -1.95. The maximum atomic E-state index is 8.42. The zero-order chi connectivity index (χ0) is 25.7. The summed E-state index contributed by atoms with van der Waals surface area (Å²) in [4.78, 5) is 0. The van der Waals surface area contributed by atoms with E-state index in [1.165, 1.54) is 116 Å². The van der Waals surface area contributed by atoms with Crippen molar-refractivity contribution in [2.75, 3.05) is 6.61 Å². The fraction of sp³-hybridized carbons (Fsp3) is 0.812. The molecule has 33 heavy (non-hydrogen) atoms. The minimum Gasteiger partial charge on any atom is -0.396 e. The molecular formula is C32H66O. The van der Waals surface area contributed by atoms with Gasteiger partial charge in [-0.3, -0.25) is 0 Å². The van der Waals surface area contributed by atoms with Gasteiger partial charge < -0.3 is 5.11 Å². The number of hydrogen-bond donors (Lipinski definition) is 1. The Hall–Kier alpha value is -0.820. The van der Waals surface area contributed by atoms with Gasteiger partial charge in [0.05, 0.1) is 0 Å². The van der Waals surface area contributed by atoms with Crippen LogP contribution in [0.4, 0.5) is 0 Å². The van der Waals surface area contributed by atoms with Crippen molar-refractivity contribution in [1.82, 2.24) is 0 Å². The Kier molecular flexibility index (Phi) is 58.0. The van der Waals surface area contributed by atoms with Gasteiger partial charge in [0.2, 0.25) is 0 Å². The maximum absolute atomic E-state index is 8.42. The van der Waals surface area contributed by atoms with Crippen LogP contribution in [0.25, 0.3) is 0 Å². The van der Waals surface area contributed by atoms with Crippen LogP contribution < -0.4 is 0 Å². The summed E-state index contributed by atoms with van der Waals surface area (Å²) in [6.07, 6.45) is 35.4. The summed E-state index contributed by atoms with van der Waals surface area (Å²) in [6, 6.07) is 0. The van der Waals surface area contributed by atoms with Crippen LogP contribution >= 0.6 is 0 Å². The van der Waals surface area contributed by atoms with Crippen molar-refractivity contribution in [3.8, 4) is 0 Å². The van der Waals surface area contributed by atoms with Crippen LogP contribution in [0.5, 0.6) is 0 Å². The Morgan fingerprint density at radius 1 is 0.515 bits per heavy atom. The van der Waals surface area contributed by atoms with Gasteiger partial charge in [0.1, 0.15) is 0 Å². The zero-order valence-corrected chi connectivity index (χ0v) is 24.2. The third-order valence-electron chi connectivity index (χ3n) is 5.11. The quantitative estimate of drug-likeness (QED) is 0.148. The summed E-state index contributed by atoms with van der Waals surface area (Å²) in [5.74, 6) is 0. The summed E-state index contributed by atoms with van der Waals surface area (Å²) in [7, 11) is 0. The van der Waals surface area contributed by atoms with E-state index in [-0.39, 0.29) is 0 Å². The molecule has 0 aliphatic heterocycles. The van der Waals surface area contributed by atoms with E-state index in [0.29, 0.717) is 6.61 Å². The monoisotopic (exact) mass is 467 g/mol. The fourth-order valence-corrected chi connectivity index (χ4v) is 2.89. The van der Waals surface area contributed by atoms with Gasteiger partial charge in [0.15, 0.2) is 0 Å². The standard InChI is InChI=1S/C8H18O.3C8H16/c1-2-3-4-5-6-7-8-9;3*1-3-5-7-8-6-4-2/h9H,2-8H2,1H3;5,7H,3-4,6,8H2,1-2H3;3,5H,4,6-8H2,1-2H3;3H,1,4-8H2,2H3.